The summed E-state index contributed by atoms with van der Waals surface area (Å²) in [6.07, 6.45) is 2.27. The monoisotopic (exact) mass is 334 g/mol. The van der Waals surface area contributed by atoms with E-state index in [0.717, 1.165) is 11.2 Å². The van der Waals surface area contributed by atoms with Crippen molar-refractivity contribution in [1.82, 2.24) is 9.13 Å². The maximum absolute atomic E-state index is 11.3. The second kappa shape index (κ2) is 5.76. The first-order chi connectivity index (χ1) is 12.1. The second-order valence-corrected chi connectivity index (χ2v) is 5.48. The fraction of sp³-hybridized carbons (Fsp3) is 0. The van der Waals surface area contributed by atoms with E-state index < -0.39 is 6.16 Å². The van der Waals surface area contributed by atoms with Crippen LogP contribution in [0.3, 0.4) is 0 Å². The molecule has 6 heteroatoms. The fourth-order valence-corrected chi connectivity index (χ4v) is 2.96. The molecule has 6 nitrogen and oxygen atoms in total. The minimum Gasteiger partial charge on any atom is -0.508 e. The Morgan fingerprint density at radius 3 is 2.28 bits per heavy atom. The van der Waals surface area contributed by atoms with Gasteiger partial charge < -0.3 is 19.5 Å². The van der Waals surface area contributed by atoms with Crippen molar-refractivity contribution < 1.29 is 19.7 Å². The van der Waals surface area contributed by atoms with Gasteiger partial charge >= 0.3 is 6.16 Å². The Bertz CT molecular complexity index is 1050. The lowest BCUT2D eigenvalue weighted by molar-refractivity contribution is 0.145. The van der Waals surface area contributed by atoms with Crippen molar-refractivity contribution >= 4 is 17.1 Å². The van der Waals surface area contributed by atoms with E-state index in [1.807, 2.05) is 53.4 Å². The minimum absolute atomic E-state index is 0.157. The number of nitrogens with zero attached hydrogens (tertiary/aromatic N) is 2. The lowest BCUT2D eigenvalue weighted by Crippen LogP contribution is -2.08. The molecule has 0 atom stereocenters. The molecule has 4 aromatic rings. The lowest BCUT2D eigenvalue weighted by atomic mass is 10.2. The summed E-state index contributed by atoms with van der Waals surface area (Å²) in [7, 11) is 0. The van der Waals surface area contributed by atoms with Gasteiger partial charge in [0, 0.05) is 23.5 Å². The van der Waals surface area contributed by atoms with Crippen molar-refractivity contribution in [3.8, 4) is 23.0 Å². The normalized spacial score (nSPS) is 10.9. The van der Waals surface area contributed by atoms with Gasteiger partial charge in [-0.25, -0.2) is 4.79 Å². The van der Waals surface area contributed by atoms with Crippen molar-refractivity contribution in [2.75, 3.05) is 0 Å². The number of rotatable bonds is 3. The zero-order valence-electron chi connectivity index (χ0n) is 13.0. The fourth-order valence-electron chi connectivity index (χ4n) is 2.96. The van der Waals surface area contributed by atoms with Crippen LogP contribution in [0.25, 0.3) is 22.4 Å². The molecule has 0 amide bonds. The third-order valence-electron chi connectivity index (χ3n) is 3.95. The Morgan fingerprint density at radius 2 is 1.60 bits per heavy atom. The first-order valence-corrected chi connectivity index (χ1v) is 7.62. The molecule has 2 heterocycles. The van der Waals surface area contributed by atoms with Gasteiger partial charge in [0.05, 0.1) is 5.52 Å². The van der Waals surface area contributed by atoms with Gasteiger partial charge in [0.25, 0.3) is 0 Å². The largest absolute Gasteiger partial charge is 0.511 e. The van der Waals surface area contributed by atoms with Gasteiger partial charge in [0.15, 0.2) is 11.6 Å². The molecule has 2 aromatic carbocycles. The van der Waals surface area contributed by atoms with Crippen LogP contribution >= 0.6 is 0 Å². The van der Waals surface area contributed by atoms with Crippen molar-refractivity contribution in [3.05, 3.63) is 73.1 Å². The number of hydrogen-bond acceptors (Lipinski definition) is 3. The summed E-state index contributed by atoms with van der Waals surface area (Å²) in [5.41, 5.74) is 1.58. The number of carbonyl (C=O) groups is 1. The summed E-state index contributed by atoms with van der Waals surface area (Å²) in [6, 6.07) is 17.8. The van der Waals surface area contributed by atoms with Gasteiger partial charge in [-0.15, -0.1) is 0 Å². The number of para-hydroxylation sites is 1. The summed E-state index contributed by atoms with van der Waals surface area (Å²) >= 11 is 0. The molecule has 25 heavy (non-hydrogen) atoms. The van der Waals surface area contributed by atoms with Crippen LogP contribution in [0.2, 0.25) is 0 Å². The van der Waals surface area contributed by atoms with Crippen LogP contribution < -0.4 is 4.74 Å². The maximum Gasteiger partial charge on any atom is 0.511 e. The zero-order chi connectivity index (χ0) is 17.4. The Balaban J connectivity index is 2.11. The van der Waals surface area contributed by atoms with Gasteiger partial charge in [-0.05, 0) is 48.5 Å². The predicted octanol–water partition coefficient (Wildman–Crippen LogP) is 4.18. The van der Waals surface area contributed by atoms with Crippen LogP contribution in [0, 0.1) is 0 Å². The van der Waals surface area contributed by atoms with Crippen LogP contribution in [0.5, 0.6) is 11.5 Å². The number of aromatic nitrogens is 2. The Morgan fingerprint density at radius 1 is 0.920 bits per heavy atom. The molecule has 2 aromatic heterocycles. The SMILES string of the molecule is O=C(O)Oc1c(-n2cccc2)n(-c2ccc(O)cc2)c2ccccc12. The molecule has 0 bridgehead atoms. The molecular weight excluding hydrogens is 320 g/mol. The minimum atomic E-state index is -1.37. The van der Waals surface area contributed by atoms with Crippen LogP contribution in [-0.2, 0) is 0 Å². The molecule has 0 aliphatic heterocycles. The van der Waals surface area contributed by atoms with E-state index in [1.165, 1.54) is 0 Å². The Labute approximate surface area is 142 Å². The number of aromatic hydroxyl groups is 1. The summed E-state index contributed by atoms with van der Waals surface area (Å²) in [4.78, 5) is 11.3. The molecule has 0 saturated carbocycles. The van der Waals surface area contributed by atoms with Gasteiger partial charge in [0.2, 0.25) is 0 Å². The summed E-state index contributed by atoms with van der Waals surface area (Å²) in [5.74, 6) is 0.983. The predicted molar refractivity (Wildman–Crippen MR) is 92.9 cm³/mol. The topological polar surface area (TPSA) is 76.6 Å². The van der Waals surface area contributed by atoms with E-state index in [9.17, 15) is 15.0 Å². The van der Waals surface area contributed by atoms with Crippen molar-refractivity contribution in [1.29, 1.82) is 0 Å². The van der Waals surface area contributed by atoms with E-state index in [1.54, 1.807) is 28.8 Å². The van der Waals surface area contributed by atoms with Crippen molar-refractivity contribution in [2.24, 2.45) is 0 Å². The van der Waals surface area contributed by atoms with E-state index in [0.29, 0.717) is 11.2 Å². The maximum atomic E-state index is 11.3. The highest BCUT2D eigenvalue weighted by atomic mass is 16.7. The molecule has 0 aliphatic rings. The Hall–Kier alpha value is -3.67. The van der Waals surface area contributed by atoms with E-state index in [-0.39, 0.29) is 11.5 Å². The van der Waals surface area contributed by atoms with Gasteiger partial charge in [-0.1, -0.05) is 12.1 Å². The molecule has 4 rings (SSSR count). The number of fused-ring (bicyclic) bond motifs is 1. The van der Waals surface area contributed by atoms with Crippen LogP contribution in [-0.4, -0.2) is 25.5 Å². The first kappa shape index (κ1) is 14.9. The number of carboxylic acid groups (broad SMARTS) is 1. The second-order valence-electron chi connectivity index (χ2n) is 5.48. The van der Waals surface area contributed by atoms with E-state index >= 15 is 0 Å². The lowest BCUT2D eigenvalue weighted by Gasteiger charge is -2.12. The first-order valence-electron chi connectivity index (χ1n) is 7.62. The highest BCUT2D eigenvalue weighted by molar-refractivity contribution is 5.94. The van der Waals surface area contributed by atoms with Crippen LogP contribution in [0.4, 0.5) is 4.79 Å². The van der Waals surface area contributed by atoms with E-state index in [2.05, 4.69) is 0 Å². The molecule has 0 aliphatic carbocycles. The number of phenolic OH excluding ortho intramolecular Hbond substituents is 1. The third-order valence-corrected chi connectivity index (χ3v) is 3.95. The quantitative estimate of drug-likeness (QED) is 0.551. The average molecular weight is 334 g/mol. The van der Waals surface area contributed by atoms with Crippen LogP contribution in [0.1, 0.15) is 0 Å². The number of phenols is 1. The third kappa shape index (κ3) is 2.49. The van der Waals surface area contributed by atoms with Crippen LogP contribution in [0.15, 0.2) is 73.1 Å². The molecule has 0 unspecified atom stereocenters. The molecule has 0 fully saturated rings. The van der Waals surface area contributed by atoms with E-state index in [4.69, 9.17) is 4.74 Å². The Kier molecular flexibility index (Phi) is 3.43. The average Bonchev–Trinajstić information content (AvgIpc) is 3.22. The summed E-state index contributed by atoms with van der Waals surface area (Å²) in [5, 5.41) is 19.5. The summed E-state index contributed by atoms with van der Waals surface area (Å²) < 4.78 is 8.83. The highest BCUT2D eigenvalue weighted by Crippen LogP contribution is 2.38. The molecule has 0 saturated heterocycles. The molecule has 124 valence electrons. The smallest absolute Gasteiger partial charge is 0.508 e. The molecule has 0 spiro atoms. The zero-order valence-corrected chi connectivity index (χ0v) is 13.0. The standard InChI is InChI=1S/C19H14N2O4/c22-14-9-7-13(8-10-14)21-16-6-2-1-5-15(16)17(25-19(23)24)18(21)20-11-3-4-12-20/h1-12,22H,(H,23,24). The van der Waals surface area contributed by atoms with Gasteiger partial charge in [0.1, 0.15) is 5.75 Å². The number of hydrogen-bond donors (Lipinski definition) is 2. The number of ether oxygens (including phenoxy) is 1. The molecular formula is C19H14N2O4. The molecule has 2 N–H and O–H groups in total. The summed E-state index contributed by atoms with van der Waals surface area (Å²) in [6.45, 7) is 0. The van der Waals surface area contributed by atoms with Gasteiger partial charge in [-0.2, -0.15) is 0 Å². The number of benzene rings is 2. The van der Waals surface area contributed by atoms with Crippen molar-refractivity contribution in [2.45, 2.75) is 0 Å². The van der Waals surface area contributed by atoms with Gasteiger partial charge in [-0.3, -0.25) is 4.57 Å². The highest BCUT2D eigenvalue weighted by Gasteiger charge is 2.22. The molecule has 0 radical (unpaired) electrons. The van der Waals surface area contributed by atoms with Crippen molar-refractivity contribution in [3.63, 3.8) is 0 Å².